The van der Waals surface area contributed by atoms with Crippen molar-refractivity contribution in [1.82, 2.24) is 0 Å². The SMILES string of the molecule is C/C1=C/C[C@H]([C@@H](C)C/C(C)=C/[C@@H](C)[C@H](O)C[C@@H](C)O)OC(=O)CCC[C@H](OC(=O)/C=C/C(C)=C/C(C)=C/C=C/C(C)=C/[C@H](O)[C@@H](O)C[C@H](C)O)[C@@H](C)C1. The number of hydrogen-bond acceptors (Lipinski definition) is 9. The molecule has 5 N–H and O–H groups in total. The maximum atomic E-state index is 12.9. The van der Waals surface area contributed by atoms with Gasteiger partial charge in [0, 0.05) is 31.3 Å². The average molecular weight is 743 g/mol. The molecule has 53 heavy (non-hydrogen) atoms. The summed E-state index contributed by atoms with van der Waals surface area (Å²) in [4.78, 5) is 25.9. The average Bonchev–Trinajstić information content (AvgIpc) is 3.03. The van der Waals surface area contributed by atoms with Crippen molar-refractivity contribution in [3.63, 3.8) is 0 Å². The fourth-order valence-electron chi connectivity index (χ4n) is 6.52. The maximum absolute atomic E-state index is 12.9. The summed E-state index contributed by atoms with van der Waals surface area (Å²) in [5.41, 5.74) is 4.84. The first kappa shape index (κ1) is 47.9. The number of hydrogen-bond donors (Lipinski definition) is 5. The van der Waals surface area contributed by atoms with Gasteiger partial charge in [-0.25, -0.2) is 4.79 Å². The van der Waals surface area contributed by atoms with Crippen molar-refractivity contribution in [3.8, 4) is 0 Å². The zero-order chi connectivity index (χ0) is 40.2. The molecular formula is C44H70O9. The zero-order valence-corrected chi connectivity index (χ0v) is 34.0. The fraction of sp³-hybridized carbons (Fsp3) is 0.636. The van der Waals surface area contributed by atoms with Crippen molar-refractivity contribution in [1.29, 1.82) is 0 Å². The maximum Gasteiger partial charge on any atom is 0.331 e. The van der Waals surface area contributed by atoms with E-state index in [1.165, 1.54) is 6.08 Å². The standard InChI is InChI=1S/C44H70O9/c1-28(13-11-14-29(2)25-39(48)40(49)27-37(10)46)21-30(3)18-20-44(51)52-41-15-12-16-43(50)53-42(19-17-31(4)22-34(41)7)35(8)24-32(5)23-33(6)38(47)26-36(9)45/h11,13-14,17-18,20-21,23,25,33-42,45-49H,12,15-16,19,22,24,26-27H2,1-10H3/b14-11+,20-18+,28-13+,29-25+,30-21+,31-17-,32-23+/t33-,34+,35+,36-,37+,38-,39+,40+,41+,42-/m1/s1. The Hall–Kier alpha value is -3.08. The van der Waals surface area contributed by atoms with Gasteiger partial charge in [0.05, 0.1) is 30.5 Å². The van der Waals surface area contributed by atoms with Crippen LogP contribution < -0.4 is 0 Å². The first-order valence-corrected chi connectivity index (χ1v) is 19.3. The monoisotopic (exact) mass is 743 g/mol. The van der Waals surface area contributed by atoms with Crippen LogP contribution in [0, 0.1) is 17.8 Å². The highest BCUT2D eigenvalue weighted by molar-refractivity contribution is 5.82. The molecule has 9 nitrogen and oxygen atoms in total. The molecule has 0 unspecified atom stereocenters. The summed E-state index contributed by atoms with van der Waals surface area (Å²) in [5, 5.41) is 49.4. The van der Waals surface area contributed by atoms with E-state index in [2.05, 4.69) is 26.8 Å². The van der Waals surface area contributed by atoms with Crippen LogP contribution in [-0.2, 0) is 19.1 Å². The van der Waals surface area contributed by atoms with Crippen molar-refractivity contribution in [2.75, 3.05) is 0 Å². The van der Waals surface area contributed by atoms with E-state index in [1.54, 1.807) is 26.0 Å². The van der Waals surface area contributed by atoms with E-state index in [0.29, 0.717) is 25.7 Å². The summed E-state index contributed by atoms with van der Waals surface area (Å²) < 4.78 is 11.9. The van der Waals surface area contributed by atoms with Crippen LogP contribution in [0.25, 0.3) is 0 Å². The van der Waals surface area contributed by atoms with Gasteiger partial charge in [-0.1, -0.05) is 97.2 Å². The summed E-state index contributed by atoms with van der Waals surface area (Å²) >= 11 is 0. The van der Waals surface area contributed by atoms with Crippen molar-refractivity contribution >= 4 is 11.9 Å². The molecule has 1 rings (SSSR count). The molecule has 0 amide bonds. The molecule has 0 aliphatic carbocycles. The minimum Gasteiger partial charge on any atom is -0.462 e. The first-order valence-electron chi connectivity index (χ1n) is 19.3. The number of carbonyl (C=O) groups is 2. The fourth-order valence-corrected chi connectivity index (χ4v) is 6.52. The van der Waals surface area contributed by atoms with Crippen LogP contribution in [0.15, 0.2) is 82.5 Å². The van der Waals surface area contributed by atoms with E-state index in [1.807, 2.05) is 65.0 Å². The van der Waals surface area contributed by atoms with Gasteiger partial charge in [0.15, 0.2) is 0 Å². The highest BCUT2D eigenvalue weighted by Crippen LogP contribution is 2.27. The Labute approximate surface area is 319 Å². The van der Waals surface area contributed by atoms with Gasteiger partial charge in [-0.05, 0) is 92.4 Å². The molecule has 1 aliphatic heterocycles. The molecule has 1 aliphatic rings. The normalized spacial score (nSPS) is 25.7. The van der Waals surface area contributed by atoms with Crippen LogP contribution in [-0.4, -0.2) is 80.2 Å². The number of carbonyl (C=O) groups excluding carboxylic acids is 2. The summed E-state index contributed by atoms with van der Waals surface area (Å²) in [6.45, 7) is 19.1. The summed E-state index contributed by atoms with van der Waals surface area (Å²) in [6.07, 6.45) is 15.5. The van der Waals surface area contributed by atoms with Crippen LogP contribution in [0.1, 0.15) is 121 Å². The number of allylic oxidation sites excluding steroid dienone is 10. The second kappa shape index (κ2) is 25.1. The Morgan fingerprint density at radius 1 is 0.906 bits per heavy atom. The van der Waals surface area contributed by atoms with E-state index in [0.717, 1.165) is 40.7 Å². The van der Waals surface area contributed by atoms with Crippen molar-refractivity contribution < 1.29 is 44.6 Å². The summed E-state index contributed by atoms with van der Waals surface area (Å²) in [6, 6.07) is 0. The molecule has 0 radical (unpaired) electrons. The van der Waals surface area contributed by atoms with E-state index >= 15 is 0 Å². The molecule has 0 saturated heterocycles. The van der Waals surface area contributed by atoms with Crippen LogP contribution in [0.4, 0.5) is 0 Å². The van der Waals surface area contributed by atoms with Crippen molar-refractivity contribution in [2.45, 2.75) is 163 Å². The van der Waals surface area contributed by atoms with Crippen LogP contribution >= 0.6 is 0 Å². The highest BCUT2D eigenvalue weighted by Gasteiger charge is 2.26. The van der Waals surface area contributed by atoms with Gasteiger partial charge in [0.2, 0.25) is 0 Å². The Morgan fingerprint density at radius 2 is 1.55 bits per heavy atom. The number of esters is 2. The highest BCUT2D eigenvalue weighted by atomic mass is 16.5. The molecule has 0 aromatic rings. The number of aliphatic hydroxyl groups excluding tert-OH is 5. The molecule has 0 bridgehead atoms. The predicted molar refractivity (Wildman–Crippen MR) is 213 cm³/mol. The largest absolute Gasteiger partial charge is 0.462 e. The first-order chi connectivity index (χ1) is 24.8. The predicted octanol–water partition coefficient (Wildman–Crippen LogP) is 7.54. The third-order valence-corrected chi connectivity index (χ3v) is 9.48. The van der Waals surface area contributed by atoms with Gasteiger partial charge < -0.3 is 35.0 Å². The van der Waals surface area contributed by atoms with Gasteiger partial charge in [-0.15, -0.1) is 0 Å². The topological polar surface area (TPSA) is 154 Å². The Balaban J connectivity index is 2.86. The van der Waals surface area contributed by atoms with E-state index in [4.69, 9.17) is 9.47 Å². The Bertz CT molecular complexity index is 1350. The number of ether oxygens (including phenoxy) is 2. The lowest BCUT2D eigenvalue weighted by Crippen LogP contribution is -2.28. The van der Waals surface area contributed by atoms with Crippen LogP contribution in [0.2, 0.25) is 0 Å². The van der Waals surface area contributed by atoms with Crippen LogP contribution in [0.3, 0.4) is 0 Å². The summed E-state index contributed by atoms with van der Waals surface area (Å²) in [7, 11) is 0. The lowest BCUT2D eigenvalue weighted by atomic mass is 9.89. The van der Waals surface area contributed by atoms with Gasteiger partial charge in [0.25, 0.3) is 0 Å². The Morgan fingerprint density at radius 3 is 2.19 bits per heavy atom. The number of cyclic esters (lactones) is 1. The molecular weight excluding hydrogens is 672 g/mol. The minimum atomic E-state index is -1.07. The second-order valence-corrected chi connectivity index (χ2v) is 15.6. The lowest BCUT2D eigenvalue weighted by Gasteiger charge is -2.27. The molecule has 0 saturated carbocycles. The summed E-state index contributed by atoms with van der Waals surface area (Å²) in [5.74, 6) is -0.659. The number of rotatable bonds is 17. The molecule has 0 aromatic carbocycles. The Kier molecular flexibility index (Phi) is 22.7. The van der Waals surface area contributed by atoms with Crippen LogP contribution in [0.5, 0.6) is 0 Å². The minimum absolute atomic E-state index is 0.0587. The van der Waals surface area contributed by atoms with Gasteiger partial charge >= 0.3 is 11.9 Å². The van der Waals surface area contributed by atoms with Crippen molar-refractivity contribution in [2.24, 2.45) is 17.8 Å². The van der Waals surface area contributed by atoms with Crippen molar-refractivity contribution in [3.05, 3.63) is 82.5 Å². The molecule has 10 atom stereocenters. The second-order valence-electron chi connectivity index (χ2n) is 15.6. The van der Waals surface area contributed by atoms with Gasteiger partial charge in [-0.2, -0.15) is 0 Å². The zero-order valence-electron chi connectivity index (χ0n) is 34.0. The molecule has 300 valence electrons. The number of aliphatic hydroxyl groups is 5. The molecule has 0 spiro atoms. The molecule has 1 heterocycles. The van der Waals surface area contributed by atoms with E-state index < -0.39 is 36.5 Å². The third kappa shape index (κ3) is 21.4. The molecule has 0 fully saturated rings. The van der Waals surface area contributed by atoms with Gasteiger partial charge in [-0.3, -0.25) is 4.79 Å². The van der Waals surface area contributed by atoms with Gasteiger partial charge in [0.1, 0.15) is 12.2 Å². The molecule has 0 aromatic heterocycles. The molecule has 9 heteroatoms. The quantitative estimate of drug-likeness (QED) is 0.0440. The van der Waals surface area contributed by atoms with E-state index in [9.17, 15) is 35.1 Å². The third-order valence-electron chi connectivity index (χ3n) is 9.48. The smallest absolute Gasteiger partial charge is 0.331 e. The van der Waals surface area contributed by atoms with E-state index in [-0.39, 0.29) is 48.8 Å². The lowest BCUT2D eigenvalue weighted by molar-refractivity contribution is -0.152.